The largest absolute Gasteiger partial charge is 0.353 e. The summed E-state index contributed by atoms with van der Waals surface area (Å²) in [6.07, 6.45) is 5.44. The van der Waals surface area contributed by atoms with Crippen LogP contribution in [0.15, 0.2) is 24.5 Å². The van der Waals surface area contributed by atoms with E-state index in [-0.39, 0.29) is 5.91 Å². The van der Waals surface area contributed by atoms with Gasteiger partial charge in [0.2, 0.25) is 5.91 Å². The second-order valence-electron chi connectivity index (χ2n) is 8.08. The molecular weight excluding hydrogens is 368 g/mol. The van der Waals surface area contributed by atoms with E-state index in [1.54, 1.807) is 0 Å². The van der Waals surface area contributed by atoms with Crippen LogP contribution in [0.4, 0.5) is 17.5 Å². The van der Waals surface area contributed by atoms with Crippen molar-refractivity contribution in [3.05, 3.63) is 30.1 Å². The molecule has 1 aliphatic carbocycles. The molecule has 29 heavy (non-hydrogen) atoms. The lowest BCUT2D eigenvalue weighted by Crippen LogP contribution is -2.48. The molecule has 0 spiro atoms. The number of carbonyl (C=O) groups is 1. The fourth-order valence-corrected chi connectivity index (χ4v) is 4.17. The summed E-state index contributed by atoms with van der Waals surface area (Å²) in [6.45, 7) is 3.54. The van der Waals surface area contributed by atoms with E-state index in [0.29, 0.717) is 13.1 Å². The van der Waals surface area contributed by atoms with Crippen LogP contribution in [-0.2, 0) is 17.8 Å². The molecule has 2 aliphatic heterocycles. The Morgan fingerprint density at radius 1 is 1.14 bits per heavy atom. The summed E-state index contributed by atoms with van der Waals surface area (Å²) in [5, 5.41) is 11.7. The summed E-state index contributed by atoms with van der Waals surface area (Å²) in [5.74, 6) is 3.26. The summed E-state index contributed by atoms with van der Waals surface area (Å²) in [5.41, 5.74) is 3.12. The summed E-state index contributed by atoms with van der Waals surface area (Å²) < 4.78 is 2.18. The van der Waals surface area contributed by atoms with Crippen LogP contribution in [0, 0.1) is 5.92 Å². The van der Waals surface area contributed by atoms with Gasteiger partial charge in [0, 0.05) is 26.2 Å². The number of imidazole rings is 1. The van der Waals surface area contributed by atoms with Crippen molar-refractivity contribution < 1.29 is 4.79 Å². The topological polar surface area (TPSA) is 92.1 Å². The maximum atomic E-state index is 11.6. The van der Waals surface area contributed by atoms with Crippen LogP contribution in [0.2, 0.25) is 0 Å². The number of hydrogen-bond donors (Lipinski definition) is 1. The Balaban J connectivity index is 1.30. The normalized spacial score (nSPS) is 19.0. The maximum Gasteiger partial charge on any atom is 0.239 e. The summed E-state index contributed by atoms with van der Waals surface area (Å²) in [7, 11) is 0. The summed E-state index contributed by atoms with van der Waals surface area (Å²) in [4.78, 5) is 25.2. The van der Waals surface area contributed by atoms with Gasteiger partial charge in [-0.25, -0.2) is 9.97 Å². The Labute approximate surface area is 167 Å². The van der Waals surface area contributed by atoms with Crippen LogP contribution in [0.25, 0.3) is 11.2 Å². The van der Waals surface area contributed by atoms with Crippen molar-refractivity contribution in [3.8, 4) is 0 Å². The van der Waals surface area contributed by atoms with Crippen molar-refractivity contribution in [2.45, 2.75) is 25.8 Å². The van der Waals surface area contributed by atoms with Crippen molar-refractivity contribution in [3.63, 3.8) is 0 Å². The van der Waals surface area contributed by atoms with Crippen molar-refractivity contribution >= 4 is 34.5 Å². The molecule has 1 N–H and O–H groups in total. The minimum Gasteiger partial charge on any atom is -0.353 e. The molecule has 0 unspecified atom stereocenters. The van der Waals surface area contributed by atoms with Crippen molar-refractivity contribution in [1.29, 1.82) is 0 Å². The van der Waals surface area contributed by atoms with Crippen molar-refractivity contribution in [2.24, 2.45) is 5.92 Å². The van der Waals surface area contributed by atoms with E-state index in [1.807, 2.05) is 23.4 Å². The van der Waals surface area contributed by atoms with Crippen LogP contribution in [0.3, 0.4) is 0 Å². The molecule has 1 saturated carbocycles. The third kappa shape index (κ3) is 2.97. The molecule has 2 fully saturated rings. The standard InChI is InChI=1S/C20H22N8O/c29-18-11-26(8-6-21-18)16-3-4-17(25-24-16)28-7-5-14-9-15-20(23-19(14)28)27(12-22-15)10-13-1-2-13/h3-4,9,12-13H,1-2,5-8,10-11H2,(H,21,29). The first-order chi connectivity index (χ1) is 14.2. The Morgan fingerprint density at radius 3 is 2.79 bits per heavy atom. The third-order valence-corrected chi connectivity index (χ3v) is 5.93. The van der Waals surface area contributed by atoms with Crippen LogP contribution in [0.1, 0.15) is 18.4 Å². The van der Waals surface area contributed by atoms with Gasteiger partial charge in [-0.15, -0.1) is 10.2 Å². The van der Waals surface area contributed by atoms with Crippen LogP contribution >= 0.6 is 0 Å². The van der Waals surface area contributed by atoms with E-state index >= 15 is 0 Å². The van der Waals surface area contributed by atoms with Gasteiger partial charge < -0.3 is 19.7 Å². The number of fused-ring (bicyclic) bond motifs is 2. The zero-order chi connectivity index (χ0) is 19.4. The predicted octanol–water partition coefficient (Wildman–Crippen LogP) is 1.26. The average Bonchev–Trinajstić information content (AvgIpc) is 3.34. The van der Waals surface area contributed by atoms with Gasteiger partial charge in [0.05, 0.1) is 12.9 Å². The first-order valence-electron chi connectivity index (χ1n) is 10.2. The van der Waals surface area contributed by atoms with E-state index in [0.717, 1.165) is 60.6 Å². The molecule has 0 radical (unpaired) electrons. The molecule has 3 aromatic heterocycles. The monoisotopic (exact) mass is 390 g/mol. The molecule has 9 heteroatoms. The van der Waals surface area contributed by atoms with Gasteiger partial charge in [0.15, 0.2) is 17.3 Å². The van der Waals surface area contributed by atoms with Gasteiger partial charge in [-0.3, -0.25) is 4.79 Å². The quantitative estimate of drug-likeness (QED) is 0.717. The van der Waals surface area contributed by atoms with Gasteiger partial charge in [-0.1, -0.05) is 0 Å². The van der Waals surface area contributed by atoms with Gasteiger partial charge >= 0.3 is 0 Å². The molecule has 3 aliphatic rings. The Kier molecular flexibility index (Phi) is 3.68. The minimum atomic E-state index is 0.0200. The Bertz CT molecular complexity index is 1090. The first-order valence-corrected chi connectivity index (χ1v) is 10.2. The number of nitrogens with one attached hydrogen (secondary N) is 1. The highest BCUT2D eigenvalue weighted by Crippen LogP contribution is 2.35. The van der Waals surface area contributed by atoms with Gasteiger partial charge in [0.1, 0.15) is 11.3 Å². The smallest absolute Gasteiger partial charge is 0.239 e. The lowest BCUT2D eigenvalue weighted by Gasteiger charge is -2.27. The number of aromatic nitrogens is 5. The lowest BCUT2D eigenvalue weighted by molar-refractivity contribution is -0.120. The highest BCUT2D eigenvalue weighted by atomic mass is 16.2. The number of nitrogens with zero attached hydrogens (tertiary/aromatic N) is 7. The van der Waals surface area contributed by atoms with Gasteiger partial charge in [-0.05, 0) is 48.9 Å². The molecule has 3 aromatic rings. The van der Waals surface area contributed by atoms with Crippen LogP contribution < -0.4 is 15.1 Å². The zero-order valence-electron chi connectivity index (χ0n) is 16.1. The minimum absolute atomic E-state index is 0.0200. The number of hydrogen-bond acceptors (Lipinski definition) is 7. The molecular formula is C20H22N8O. The number of piperazine rings is 1. The van der Waals surface area contributed by atoms with Gasteiger partial charge in [-0.2, -0.15) is 0 Å². The fraction of sp³-hybridized carbons (Fsp3) is 0.450. The van der Waals surface area contributed by atoms with E-state index in [1.165, 1.54) is 18.4 Å². The van der Waals surface area contributed by atoms with Crippen molar-refractivity contribution in [1.82, 2.24) is 30.0 Å². The lowest BCUT2D eigenvalue weighted by atomic mass is 10.2. The predicted molar refractivity (Wildman–Crippen MR) is 108 cm³/mol. The molecule has 1 amide bonds. The number of carbonyl (C=O) groups excluding carboxylic acids is 1. The molecule has 0 aromatic carbocycles. The maximum absolute atomic E-state index is 11.6. The Hall–Kier alpha value is -3.23. The van der Waals surface area contributed by atoms with Gasteiger partial charge in [0.25, 0.3) is 0 Å². The number of anilines is 3. The number of amides is 1. The SMILES string of the molecule is O=C1CN(c2ccc(N3CCc4cc5ncn(CC6CC6)c5nc43)nn2)CCN1. The molecule has 0 atom stereocenters. The Morgan fingerprint density at radius 2 is 2.00 bits per heavy atom. The van der Waals surface area contributed by atoms with Crippen LogP contribution in [0.5, 0.6) is 0 Å². The van der Waals surface area contributed by atoms with E-state index in [2.05, 4.69) is 36.0 Å². The third-order valence-electron chi connectivity index (χ3n) is 5.93. The molecule has 1 saturated heterocycles. The molecule has 6 rings (SSSR count). The molecule has 148 valence electrons. The average molecular weight is 390 g/mol. The van der Waals surface area contributed by atoms with Crippen LogP contribution in [-0.4, -0.2) is 56.8 Å². The zero-order valence-corrected chi connectivity index (χ0v) is 16.1. The number of pyridine rings is 1. The first kappa shape index (κ1) is 16.7. The highest BCUT2D eigenvalue weighted by molar-refractivity contribution is 5.82. The van der Waals surface area contributed by atoms with E-state index in [9.17, 15) is 4.79 Å². The molecule has 9 nitrogen and oxygen atoms in total. The summed E-state index contributed by atoms with van der Waals surface area (Å²) >= 11 is 0. The number of rotatable bonds is 4. The molecule has 5 heterocycles. The van der Waals surface area contributed by atoms with E-state index in [4.69, 9.17) is 4.98 Å². The fourth-order valence-electron chi connectivity index (χ4n) is 4.17. The second kappa shape index (κ2) is 6.40. The summed E-state index contributed by atoms with van der Waals surface area (Å²) in [6, 6.07) is 6.07. The highest BCUT2D eigenvalue weighted by Gasteiger charge is 2.27. The van der Waals surface area contributed by atoms with Crippen molar-refractivity contribution in [2.75, 3.05) is 36.0 Å². The van der Waals surface area contributed by atoms with E-state index < -0.39 is 0 Å². The second-order valence-corrected chi connectivity index (χ2v) is 8.08. The molecule has 0 bridgehead atoms.